The van der Waals surface area contributed by atoms with Crippen molar-refractivity contribution in [3.8, 4) is 0 Å². The Labute approximate surface area is 111 Å². The predicted molar refractivity (Wildman–Crippen MR) is 77.5 cm³/mol. The smallest absolute Gasteiger partial charge is 0.0233 e. The van der Waals surface area contributed by atoms with E-state index < -0.39 is 0 Å². The van der Waals surface area contributed by atoms with Gasteiger partial charge in [-0.15, -0.1) is 0 Å². The number of nitrogens with zero attached hydrogens (tertiary/aromatic N) is 1. The molecule has 0 atom stereocenters. The first-order valence-corrected chi connectivity index (χ1v) is 7.26. The van der Waals surface area contributed by atoms with Crippen LogP contribution in [0.4, 0.5) is 0 Å². The van der Waals surface area contributed by atoms with E-state index in [2.05, 4.69) is 41.4 Å². The number of hydrogen-bond donors (Lipinski definition) is 1. The van der Waals surface area contributed by atoms with E-state index in [-0.39, 0.29) is 0 Å². The van der Waals surface area contributed by atoms with Crippen molar-refractivity contribution in [3.63, 3.8) is 0 Å². The molecule has 2 nitrogen and oxygen atoms in total. The summed E-state index contributed by atoms with van der Waals surface area (Å²) in [6.45, 7) is 6.88. The van der Waals surface area contributed by atoms with Crippen LogP contribution in [0, 0.1) is 5.92 Å². The molecule has 2 heteroatoms. The monoisotopic (exact) mass is 246 g/mol. The Bertz CT molecular complexity index is 341. The van der Waals surface area contributed by atoms with Gasteiger partial charge in [-0.25, -0.2) is 0 Å². The van der Waals surface area contributed by atoms with Crippen molar-refractivity contribution in [3.05, 3.63) is 35.4 Å². The number of benzene rings is 1. The fraction of sp³-hybridized carbons (Fsp3) is 0.625. The zero-order valence-corrected chi connectivity index (χ0v) is 11.8. The van der Waals surface area contributed by atoms with Crippen molar-refractivity contribution < 1.29 is 0 Å². The molecule has 1 aromatic rings. The summed E-state index contributed by atoms with van der Waals surface area (Å²) >= 11 is 0. The minimum atomic E-state index is 0.959. The Morgan fingerprint density at radius 3 is 2.39 bits per heavy atom. The average Bonchev–Trinajstić information content (AvgIpc) is 3.16. The molecule has 1 fully saturated rings. The van der Waals surface area contributed by atoms with Gasteiger partial charge in [0.05, 0.1) is 0 Å². The maximum absolute atomic E-state index is 3.19. The van der Waals surface area contributed by atoms with E-state index in [1.54, 1.807) is 0 Å². The maximum atomic E-state index is 3.19. The lowest BCUT2D eigenvalue weighted by Gasteiger charge is -2.21. The summed E-state index contributed by atoms with van der Waals surface area (Å²) in [7, 11) is 1.99. The Kier molecular flexibility index (Phi) is 5.21. The summed E-state index contributed by atoms with van der Waals surface area (Å²) in [6.07, 6.45) is 4.15. The second-order valence-electron chi connectivity index (χ2n) is 5.53. The van der Waals surface area contributed by atoms with E-state index in [4.69, 9.17) is 0 Å². The molecular formula is C16H26N2. The van der Waals surface area contributed by atoms with Gasteiger partial charge in [-0.05, 0) is 49.9 Å². The van der Waals surface area contributed by atoms with Crippen LogP contribution in [0.15, 0.2) is 24.3 Å². The molecule has 0 aromatic heterocycles. The lowest BCUT2D eigenvalue weighted by atomic mass is 10.1. The number of nitrogens with one attached hydrogen (secondary N) is 1. The van der Waals surface area contributed by atoms with Crippen molar-refractivity contribution in [2.75, 3.05) is 20.1 Å². The van der Waals surface area contributed by atoms with Gasteiger partial charge in [-0.1, -0.05) is 31.2 Å². The summed E-state index contributed by atoms with van der Waals surface area (Å²) < 4.78 is 0. The van der Waals surface area contributed by atoms with Crippen molar-refractivity contribution in [1.82, 2.24) is 10.2 Å². The zero-order chi connectivity index (χ0) is 12.8. The van der Waals surface area contributed by atoms with Crippen molar-refractivity contribution in [1.29, 1.82) is 0 Å². The lowest BCUT2D eigenvalue weighted by molar-refractivity contribution is 0.255. The lowest BCUT2D eigenvalue weighted by Crippen LogP contribution is -2.26. The third-order valence-electron chi connectivity index (χ3n) is 3.56. The third-order valence-corrected chi connectivity index (χ3v) is 3.56. The molecule has 0 aliphatic heterocycles. The van der Waals surface area contributed by atoms with Gasteiger partial charge in [0, 0.05) is 19.6 Å². The van der Waals surface area contributed by atoms with Crippen LogP contribution in [0.25, 0.3) is 0 Å². The van der Waals surface area contributed by atoms with E-state index in [1.165, 1.54) is 43.5 Å². The highest BCUT2D eigenvalue weighted by atomic mass is 15.1. The second kappa shape index (κ2) is 6.91. The Hall–Kier alpha value is -0.860. The first kappa shape index (κ1) is 13.6. The first-order chi connectivity index (χ1) is 8.81. The van der Waals surface area contributed by atoms with Gasteiger partial charge in [0.25, 0.3) is 0 Å². The van der Waals surface area contributed by atoms with Crippen LogP contribution < -0.4 is 5.32 Å². The Balaban J connectivity index is 1.88. The highest BCUT2D eigenvalue weighted by Crippen LogP contribution is 2.30. The van der Waals surface area contributed by atoms with E-state index in [0.29, 0.717) is 0 Å². The van der Waals surface area contributed by atoms with E-state index in [0.717, 1.165) is 19.0 Å². The van der Waals surface area contributed by atoms with Gasteiger partial charge in [0.2, 0.25) is 0 Å². The maximum Gasteiger partial charge on any atom is 0.0233 e. The van der Waals surface area contributed by atoms with Gasteiger partial charge in [-0.2, -0.15) is 0 Å². The van der Waals surface area contributed by atoms with Crippen molar-refractivity contribution >= 4 is 0 Å². The van der Waals surface area contributed by atoms with E-state index in [1.807, 2.05) is 7.05 Å². The predicted octanol–water partition coefficient (Wildman–Crippen LogP) is 3.03. The van der Waals surface area contributed by atoms with Crippen molar-refractivity contribution in [2.24, 2.45) is 5.92 Å². The molecule has 2 rings (SSSR count). The minimum absolute atomic E-state index is 0.959. The minimum Gasteiger partial charge on any atom is -0.316 e. The normalized spacial score (nSPS) is 15.3. The Morgan fingerprint density at radius 2 is 1.83 bits per heavy atom. The van der Waals surface area contributed by atoms with Crippen molar-refractivity contribution in [2.45, 2.75) is 39.3 Å². The van der Waals surface area contributed by atoms with Crippen LogP contribution in [0.3, 0.4) is 0 Å². The molecule has 0 radical (unpaired) electrons. The second-order valence-corrected chi connectivity index (χ2v) is 5.53. The molecule has 1 aliphatic carbocycles. The molecular weight excluding hydrogens is 220 g/mol. The quantitative estimate of drug-likeness (QED) is 0.758. The summed E-state index contributed by atoms with van der Waals surface area (Å²) in [6, 6.07) is 9.05. The summed E-state index contributed by atoms with van der Waals surface area (Å²) in [4.78, 5) is 2.62. The molecule has 0 heterocycles. The molecule has 18 heavy (non-hydrogen) atoms. The molecule has 100 valence electrons. The largest absolute Gasteiger partial charge is 0.316 e. The zero-order valence-electron chi connectivity index (χ0n) is 11.8. The summed E-state index contributed by atoms with van der Waals surface area (Å²) in [5, 5.41) is 3.19. The van der Waals surface area contributed by atoms with E-state index >= 15 is 0 Å². The molecule has 0 unspecified atom stereocenters. The molecule has 1 saturated carbocycles. The SMILES string of the molecule is CCCN(Cc1ccc(CNC)cc1)CC1CC1. The van der Waals surface area contributed by atoms with Crippen LogP contribution in [-0.2, 0) is 13.1 Å². The standard InChI is InChI=1S/C16H26N2/c1-3-10-18(13-16-8-9-16)12-15-6-4-14(5-7-15)11-17-2/h4-7,16-17H,3,8-13H2,1-2H3. The first-order valence-electron chi connectivity index (χ1n) is 7.26. The van der Waals surface area contributed by atoms with Crippen LogP contribution in [-0.4, -0.2) is 25.0 Å². The van der Waals surface area contributed by atoms with Crippen LogP contribution in [0.1, 0.15) is 37.3 Å². The van der Waals surface area contributed by atoms with Gasteiger partial charge < -0.3 is 5.32 Å². The highest BCUT2D eigenvalue weighted by Gasteiger charge is 2.23. The fourth-order valence-electron chi connectivity index (χ4n) is 2.44. The van der Waals surface area contributed by atoms with Gasteiger partial charge in [0.15, 0.2) is 0 Å². The topological polar surface area (TPSA) is 15.3 Å². The average molecular weight is 246 g/mol. The highest BCUT2D eigenvalue weighted by molar-refractivity contribution is 5.22. The molecule has 1 N–H and O–H groups in total. The molecule has 0 amide bonds. The number of rotatable bonds is 8. The number of hydrogen-bond acceptors (Lipinski definition) is 2. The van der Waals surface area contributed by atoms with E-state index in [9.17, 15) is 0 Å². The molecule has 0 bridgehead atoms. The van der Waals surface area contributed by atoms with Crippen LogP contribution >= 0.6 is 0 Å². The summed E-state index contributed by atoms with van der Waals surface area (Å²) in [5.41, 5.74) is 2.81. The molecule has 0 saturated heterocycles. The fourth-order valence-corrected chi connectivity index (χ4v) is 2.44. The summed E-state index contributed by atoms with van der Waals surface area (Å²) in [5.74, 6) is 0.986. The van der Waals surface area contributed by atoms with Gasteiger partial charge in [0.1, 0.15) is 0 Å². The molecule has 1 aromatic carbocycles. The van der Waals surface area contributed by atoms with Crippen LogP contribution in [0.2, 0.25) is 0 Å². The molecule has 0 spiro atoms. The van der Waals surface area contributed by atoms with Crippen LogP contribution in [0.5, 0.6) is 0 Å². The Morgan fingerprint density at radius 1 is 1.17 bits per heavy atom. The van der Waals surface area contributed by atoms with Gasteiger partial charge in [-0.3, -0.25) is 4.90 Å². The third kappa shape index (κ3) is 4.43. The van der Waals surface area contributed by atoms with Gasteiger partial charge >= 0.3 is 0 Å². The molecule has 1 aliphatic rings.